The SMILES string of the molecule is CCNC(=O)c1cc(S(=O)(=O)Nc2ccccc2C(=O)NC2CCCCC2)ccc1OC. The molecule has 0 heterocycles. The number of methoxy groups -OCH3 is 1. The number of sulfonamides is 1. The van der Waals surface area contributed by atoms with Crippen LogP contribution in [0.4, 0.5) is 5.69 Å². The Morgan fingerprint density at radius 1 is 1.00 bits per heavy atom. The molecule has 1 saturated carbocycles. The van der Waals surface area contributed by atoms with Crippen LogP contribution in [0.5, 0.6) is 5.75 Å². The molecule has 2 aromatic carbocycles. The van der Waals surface area contributed by atoms with Crippen molar-refractivity contribution < 1.29 is 22.7 Å². The molecule has 2 amide bonds. The van der Waals surface area contributed by atoms with E-state index >= 15 is 0 Å². The first-order valence-electron chi connectivity index (χ1n) is 10.7. The minimum Gasteiger partial charge on any atom is -0.496 e. The van der Waals surface area contributed by atoms with Crippen molar-refractivity contribution in [1.82, 2.24) is 10.6 Å². The van der Waals surface area contributed by atoms with Crippen molar-refractivity contribution in [1.29, 1.82) is 0 Å². The van der Waals surface area contributed by atoms with Gasteiger partial charge >= 0.3 is 0 Å². The van der Waals surface area contributed by atoms with E-state index in [0.717, 1.165) is 25.7 Å². The number of benzene rings is 2. The molecule has 0 aliphatic heterocycles. The predicted molar refractivity (Wildman–Crippen MR) is 123 cm³/mol. The number of ether oxygens (including phenoxy) is 1. The van der Waals surface area contributed by atoms with E-state index in [-0.39, 0.29) is 39.4 Å². The quantitative estimate of drug-likeness (QED) is 0.560. The number of hydrogen-bond donors (Lipinski definition) is 3. The maximum Gasteiger partial charge on any atom is 0.261 e. The molecule has 0 saturated heterocycles. The van der Waals surface area contributed by atoms with Gasteiger partial charge in [0.1, 0.15) is 5.75 Å². The molecule has 3 N–H and O–H groups in total. The molecule has 1 aliphatic rings. The second kappa shape index (κ2) is 10.5. The van der Waals surface area contributed by atoms with Crippen LogP contribution in [0.15, 0.2) is 47.4 Å². The largest absolute Gasteiger partial charge is 0.496 e. The number of anilines is 1. The Bertz CT molecular complexity index is 1080. The van der Waals surface area contributed by atoms with Crippen LogP contribution in [0.2, 0.25) is 0 Å². The van der Waals surface area contributed by atoms with Crippen LogP contribution in [0.1, 0.15) is 59.7 Å². The smallest absolute Gasteiger partial charge is 0.261 e. The number of hydrogen-bond acceptors (Lipinski definition) is 5. The monoisotopic (exact) mass is 459 g/mol. The van der Waals surface area contributed by atoms with E-state index < -0.39 is 15.9 Å². The second-order valence-electron chi connectivity index (χ2n) is 7.68. The Hall–Kier alpha value is -3.07. The van der Waals surface area contributed by atoms with E-state index in [4.69, 9.17) is 4.74 Å². The fourth-order valence-electron chi connectivity index (χ4n) is 3.77. The Morgan fingerprint density at radius 2 is 1.72 bits per heavy atom. The topological polar surface area (TPSA) is 114 Å². The third kappa shape index (κ3) is 5.59. The minimum absolute atomic E-state index is 0.0992. The van der Waals surface area contributed by atoms with Gasteiger partial charge in [0, 0.05) is 12.6 Å². The highest BCUT2D eigenvalue weighted by molar-refractivity contribution is 7.92. The number of para-hydroxylation sites is 1. The maximum absolute atomic E-state index is 13.1. The molecule has 1 fully saturated rings. The summed E-state index contributed by atoms with van der Waals surface area (Å²) < 4.78 is 33.9. The maximum atomic E-state index is 13.1. The summed E-state index contributed by atoms with van der Waals surface area (Å²) in [7, 11) is -2.66. The van der Waals surface area contributed by atoms with Crippen molar-refractivity contribution in [2.24, 2.45) is 0 Å². The Labute approximate surface area is 188 Å². The molecule has 2 aromatic rings. The second-order valence-corrected chi connectivity index (χ2v) is 9.36. The van der Waals surface area contributed by atoms with Crippen LogP contribution in [0, 0.1) is 0 Å². The van der Waals surface area contributed by atoms with Gasteiger partial charge in [-0.05, 0) is 50.1 Å². The van der Waals surface area contributed by atoms with Gasteiger partial charge < -0.3 is 15.4 Å². The summed E-state index contributed by atoms with van der Waals surface area (Å²) in [4.78, 5) is 25.1. The van der Waals surface area contributed by atoms with E-state index in [1.54, 1.807) is 31.2 Å². The van der Waals surface area contributed by atoms with E-state index in [0.29, 0.717) is 6.54 Å². The zero-order valence-electron chi connectivity index (χ0n) is 18.3. The molecule has 0 aromatic heterocycles. The first kappa shape index (κ1) is 23.6. The summed E-state index contributed by atoms with van der Waals surface area (Å²) in [6, 6.07) is 10.6. The van der Waals surface area contributed by atoms with Gasteiger partial charge in [-0.2, -0.15) is 0 Å². The molecule has 3 rings (SSSR count). The van der Waals surface area contributed by atoms with Gasteiger partial charge in [0.25, 0.3) is 21.8 Å². The van der Waals surface area contributed by atoms with Crippen molar-refractivity contribution in [3.63, 3.8) is 0 Å². The first-order valence-corrected chi connectivity index (χ1v) is 12.2. The van der Waals surface area contributed by atoms with Gasteiger partial charge in [-0.3, -0.25) is 14.3 Å². The summed E-state index contributed by atoms with van der Waals surface area (Å²) in [5.74, 6) is -0.483. The Balaban J connectivity index is 1.86. The third-order valence-electron chi connectivity index (χ3n) is 5.42. The van der Waals surface area contributed by atoms with Crippen LogP contribution in [0.25, 0.3) is 0 Å². The summed E-state index contributed by atoms with van der Waals surface area (Å²) in [5.41, 5.74) is 0.538. The average molecular weight is 460 g/mol. The van der Waals surface area contributed by atoms with Gasteiger partial charge in [0.2, 0.25) is 0 Å². The van der Waals surface area contributed by atoms with Crippen LogP contribution in [0.3, 0.4) is 0 Å². The summed E-state index contributed by atoms with van der Waals surface area (Å²) in [6.45, 7) is 2.16. The van der Waals surface area contributed by atoms with Crippen LogP contribution in [-0.4, -0.2) is 39.9 Å². The van der Waals surface area contributed by atoms with Gasteiger partial charge in [0.05, 0.1) is 28.8 Å². The molecule has 172 valence electrons. The number of carbonyl (C=O) groups is 2. The van der Waals surface area contributed by atoms with Crippen LogP contribution in [-0.2, 0) is 10.0 Å². The van der Waals surface area contributed by atoms with Crippen molar-refractivity contribution in [2.75, 3.05) is 18.4 Å². The molecule has 0 atom stereocenters. The van der Waals surface area contributed by atoms with Gasteiger partial charge in [-0.15, -0.1) is 0 Å². The summed E-state index contributed by atoms with van der Waals surface area (Å²) >= 11 is 0. The molecule has 9 heteroatoms. The molecule has 0 spiro atoms. The number of rotatable bonds is 8. The Kier molecular flexibility index (Phi) is 7.74. The van der Waals surface area contributed by atoms with E-state index in [1.807, 2.05) is 0 Å². The Morgan fingerprint density at radius 3 is 2.41 bits per heavy atom. The van der Waals surface area contributed by atoms with Gasteiger partial charge in [-0.1, -0.05) is 31.4 Å². The third-order valence-corrected chi connectivity index (χ3v) is 6.78. The van der Waals surface area contributed by atoms with Crippen molar-refractivity contribution >= 4 is 27.5 Å². The minimum atomic E-state index is -4.06. The van der Waals surface area contributed by atoms with Crippen molar-refractivity contribution in [3.05, 3.63) is 53.6 Å². The molecule has 0 bridgehead atoms. The van der Waals surface area contributed by atoms with Crippen LogP contribution < -0.4 is 20.1 Å². The van der Waals surface area contributed by atoms with E-state index in [9.17, 15) is 18.0 Å². The molecule has 32 heavy (non-hydrogen) atoms. The van der Waals surface area contributed by atoms with E-state index in [2.05, 4.69) is 15.4 Å². The molecule has 8 nitrogen and oxygen atoms in total. The standard InChI is InChI=1S/C23H29N3O5S/c1-3-24-22(27)19-15-17(13-14-21(19)31-2)32(29,30)26-20-12-8-7-11-18(20)23(28)25-16-9-5-4-6-10-16/h7-8,11-16,26H,3-6,9-10H2,1-2H3,(H,24,27)(H,25,28). The highest BCUT2D eigenvalue weighted by Gasteiger charge is 2.23. The van der Waals surface area contributed by atoms with Crippen molar-refractivity contribution in [3.8, 4) is 5.75 Å². The van der Waals surface area contributed by atoms with Crippen LogP contribution >= 0.6 is 0 Å². The molecule has 1 aliphatic carbocycles. The highest BCUT2D eigenvalue weighted by Crippen LogP contribution is 2.26. The highest BCUT2D eigenvalue weighted by atomic mass is 32.2. The van der Waals surface area contributed by atoms with Crippen molar-refractivity contribution in [2.45, 2.75) is 50.0 Å². The fraction of sp³-hybridized carbons (Fsp3) is 0.391. The summed E-state index contributed by atoms with van der Waals surface area (Å²) in [5, 5.41) is 5.65. The first-order chi connectivity index (χ1) is 15.4. The predicted octanol–water partition coefficient (Wildman–Crippen LogP) is 3.31. The van der Waals surface area contributed by atoms with Gasteiger partial charge in [0.15, 0.2) is 0 Å². The number of carbonyl (C=O) groups excluding carboxylic acids is 2. The van der Waals surface area contributed by atoms with Gasteiger partial charge in [-0.25, -0.2) is 8.42 Å². The number of nitrogens with one attached hydrogen (secondary N) is 3. The fourth-order valence-corrected chi connectivity index (χ4v) is 4.88. The lowest BCUT2D eigenvalue weighted by Crippen LogP contribution is -2.36. The lowest BCUT2D eigenvalue weighted by Gasteiger charge is -2.23. The lowest BCUT2D eigenvalue weighted by molar-refractivity contribution is 0.0926. The zero-order chi connectivity index (χ0) is 23.1. The number of amides is 2. The molecular formula is C23H29N3O5S. The normalized spacial score (nSPS) is 14.4. The molecular weight excluding hydrogens is 430 g/mol. The zero-order valence-corrected chi connectivity index (χ0v) is 19.1. The average Bonchev–Trinajstić information content (AvgIpc) is 2.79. The van der Waals surface area contributed by atoms with E-state index in [1.165, 1.54) is 31.7 Å². The molecule has 0 unspecified atom stereocenters. The molecule has 0 radical (unpaired) electrons. The summed E-state index contributed by atoms with van der Waals surface area (Å²) in [6.07, 6.45) is 5.17. The lowest BCUT2D eigenvalue weighted by atomic mass is 9.95.